The van der Waals surface area contributed by atoms with E-state index in [1.807, 2.05) is 86.6 Å². The van der Waals surface area contributed by atoms with Crippen LogP contribution in [0, 0.1) is 27.7 Å². The molecule has 374 valence electrons. The van der Waals surface area contributed by atoms with Crippen molar-refractivity contribution in [2.24, 2.45) is 0 Å². The van der Waals surface area contributed by atoms with Gasteiger partial charge in [0.05, 0.1) is 23.9 Å². The van der Waals surface area contributed by atoms with Crippen LogP contribution in [0.1, 0.15) is 187 Å². The average Bonchev–Trinajstić information content (AvgIpc) is 3.30. The Labute approximate surface area is 406 Å². The lowest BCUT2D eigenvalue weighted by Crippen LogP contribution is -2.29. The molecule has 0 radical (unpaired) electrons. The van der Waals surface area contributed by atoms with E-state index in [9.17, 15) is 36.6 Å². The molecule has 11 heteroatoms. The van der Waals surface area contributed by atoms with E-state index in [1.165, 1.54) is 42.4 Å². The van der Waals surface area contributed by atoms with Gasteiger partial charge in [-0.1, -0.05) is 116 Å². The highest BCUT2D eigenvalue weighted by Gasteiger charge is 2.49. The molecule has 0 aromatic heterocycles. The Bertz CT molecular complexity index is 2540. The van der Waals surface area contributed by atoms with Crippen LogP contribution >= 0.6 is 0 Å². The van der Waals surface area contributed by atoms with Crippen molar-refractivity contribution < 1.29 is 45.5 Å². The van der Waals surface area contributed by atoms with Gasteiger partial charge in [-0.15, -0.1) is 0 Å². The molecule has 0 saturated carbocycles. The van der Waals surface area contributed by atoms with Crippen molar-refractivity contribution in [3.05, 3.63) is 146 Å². The number of esters is 1. The van der Waals surface area contributed by atoms with E-state index in [2.05, 4.69) is 74.3 Å². The van der Waals surface area contributed by atoms with Crippen LogP contribution < -0.4 is 4.18 Å². The van der Waals surface area contributed by atoms with Crippen LogP contribution in [0.2, 0.25) is 0 Å². The molecule has 0 aliphatic heterocycles. The molecule has 0 fully saturated rings. The van der Waals surface area contributed by atoms with Crippen LogP contribution in [0.3, 0.4) is 0 Å². The van der Waals surface area contributed by atoms with E-state index in [-0.39, 0.29) is 17.1 Å². The number of ether oxygens (including phenoxy) is 1. The average molecular weight is 963 g/mol. The molecule has 4 aromatic rings. The second-order valence-corrected chi connectivity index (χ2v) is 19.9. The summed E-state index contributed by atoms with van der Waals surface area (Å²) >= 11 is 0. The first-order valence-electron chi connectivity index (χ1n) is 24.1. The first-order valence-corrected chi connectivity index (χ1v) is 25.5. The summed E-state index contributed by atoms with van der Waals surface area (Å²) < 4.78 is 70.6. The number of carbonyl (C=O) groups excluding carboxylic acids is 1. The molecule has 0 heterocycles. The summed E-state index contributed by atoms with van der Waals surface area (Å²) in [7, 11) is -4.33. The highest BCUT2D eigenvalue weighted by molar-refractivity contribution is 7.88. The second-order valence-electron chi connectivity index (χ2n) is 18.4. The van der Waals surface area contributed by atoms with Crippen LogP contribution in [-0.4, -0.2) is 48.4 Å². The van der Waals surface area contributed by atoms with Gasteiger partial charge >= 0.3 is 21.6 Å². The largest absolute Gasteiger partial charge is 0.534 e. The van der Waals surface area contributed by atoms with Crippen LogP contribution in [0.15, 0.2) is 84.9 Å². The second kappa shape index (κ2) is 23.3. The van der Waals surface area contributed by atoms with E-state index in [4.69, 9.17) is 4.74 Å². The molecule has 7 nitrogen and oxygen atoms in total. The van der Waals surface area contributed by atoms with Crippen molar-refractivity contribution in [2.45, 2.75) is 176 Å². The third-order valence-corrected chi connectivity index (χ3v) is 15.6. The van der Waals surface area contributed by atoms with E-state index >= 15 is 0 Å². The number of benzene rings is 4. The molecular formula is C57H77F3O7S. The van der Waals surface area contributed by atoms with Gasteiger partial charge in [0.15, 0.2) is 0 Å². The predicted molar refractivity (Wildman–Crippen MR) is 273 cm³/mol. The summed E-state index contributed by atoms with van der Waals surface area (Å²) in [6.07, 6.45) is 9.94. The Kier molecular flexibility index (Phi) is 19.7. The number of halogens is 3. The molecule has 0 saturated heterocycles. The molecular weight excluding hydrogens is 886 g/mol. The number of hydrogen-bond acceptors (Lipinski definition) is 7. The lowest BCUT2D eigenvalue weighted by molar-refractivity contribution is -0.0500. The zero-order chi connectivity index (χ0) is 51.6. The Balaban J connectivity index is 0.000000363. The molecule has 68 heavy (non-hydrogen) atoms. The van der Waals surface area contributed by atoms with E-state index < -0.39 is 32.2 Å². The fraction of sp³-hybridized carbons (Fsp3) is 0.491. The zero-order valence-corrected chi connectivity index (χ0v) is 44.0. The Morgan fingerprint density at radius 3 is 1.10 bits per heavy atom. The molecule has 0 spiro atoms. The first-order chi connectivity index (χ1) is 31.7. The molecule has 0 bridgehead atoms. The number of rotatable bonds is 19. The van der Waals surface area contributed by atoms with Crippen molar-refractivity contribution in [3.8, 4) is 5.75 Å². The fourth-order valence-electron chi connectivity index (χ4n) is 9.65. The van der Waals surface area contributed by atoms with Crippen molar-refractivity contribution in [1.82, 2.24) is 0 Å². The summed E-state index contributed by atoms with van der Waals surface area (Å²) in [6, 6.07) is 23.7. The summed E-state index contributed by atoms with van der Waals surface area (Å²) in [4.78, 5) is 12.0. The van der Waals surface area contributed by atoms with E-state index in [0.717, 1.165) is 64.6 Å². The van der Waals surface area contributed by atoms with Crippen molar-refractivity contribution in [2.75, 3.05) is 7.11 Å². The third kappa shape index (κ3) is 12.5. The molecule has 4 rings (SSSR count). The predicted octanol–water partition coefficient (Wildman–Crippen LogP) is 14.7. The molecule has 4 aromatic carbocycles. The van der Waals surface area contributed by atoms with Gasteiger partial charge in [-0.25, -0.2) is 4.79 Å². The van der Waals surface area contributed by atoms with Gasteiger partial charge in [0.25, 0.3) is 0 Å². The van der Waals surface area contributed by atoms with Gasteiger partial charge < -0.3 is 19.1 Å². The summed E-state index contributed by atoms with van der Waals surface area (Å²) in [5.41, 5.74) is 5.18. The number of carbonyl (C=O) groups is 1. The molecule has 0 aliphatic carbocycles. The number of aryl methyl sites for hydroxylation is 4. The van der Waals surface area contributed by atoms with Crippen molar-refractivity contribution >= 4 is 27.2 Å². The minimum Gasteiger partial charge on any atom is -0.465 e. The molecule has 0 atom stereocenters. The summed E-state index contributed by atoms with van der Waals surface area (Å²) in [5.74, 6) is -0.641. The van der Waals surface area contributed by atoms with Gasteiger partial charge in [0.1, 0.15) is 5.75 Å². The Morgan fingerprint density at radius 2 is 0.838 bits per heavy atom. The highest BCUT2D eigenvalue weighted by Crippen LogP contribution is 2.43. The van der Waals surface area contributed by atoms with Gasteiger partial charge in [-0.3, -0.25) is 0 Å². The monoisotopic (exact) mass is 963 g/mol. The fourth-order valence-corrected chi connectivity index (χ4v) is 10.2. The van der Waals surface area contributed by atoms with Gasteiger partial charge in [0, 0.05) is 10.8 Å². The topological polar surface area (TPSA) is 110 Å². The molecule has 0 unspecified atom stereocenters. The van der Waals surface area contributed by atoms with Gasteiger partial charge in [-0.2, -0.15) is 21.6 Å². The van der Waals surface area contributed by atoms with Crippen molar-refractivity contribution in [3.63, 3.8) is 0 Å². The Morgan fingerprint density at radius 1 is 0.529 bits per heavy atom. The number of aliphatic hydroxyl groups is 2. The van der Waals surface area contributed by atoms with E-state index in [1.54, 1.807) is 12.1 Å². The lowest BCUT2D eigenvalue weighted by atomic mass is 9.69. The normalized spacial score (nSPS) is 13.2. The van der Waals surface area contributed by atoms with Crippen molar-refractivity contribution in [1.29, 1.82) is 0 Å². The minimum absolute atomic E-state index is 0.131. The summed E-state index contributed by atoms with van der Waals surface area (Å²) in [6.45, 7) is 28.2. The maximum atomic E-state index is 12.8. The third-order valence-electron chi connectivity index (χ3n) is 14.6. The Hall–Kier alpha value is -4.71. The van der Waals surface area contributed by atoms with Gasteiger partial charge in [-0.05, 0) is 184 Å². The number of hydrogen-bond donors (Lipinski definition) is 2. The highest BCUT2D eigenvalue weighted by atomic mass is 32.2. The first kappa shape index (κ1) is 57.6. The van der Waals surface area contributed by atoms with Gasteiger partial charge in [0.2, 0.25) is 0 Å². The van der Waals surface area contributed by atoms with Crippen LogP contribution in [0.25, 0.3) is 11.1 Å². The maximum absolute atomic E-state index is 12.8. The number of allylic oxidation sites excluding steroid dienone is 2. The minimum atomic E-state index is -5.74. The maximum Gasteiger partial charge on any atom is 0.534 e. The lowest BCUT2D eigenvalue weighted by Gasteiger charge is -2.34. The molecule has 2 N–H and O–H groups in total. The molecule has 0 aliphatic rings. The SMILES string of the molecule is CCC(O)(/C=C(\C)c1ccc(C(CC)(CC)c2ccc(C(=O)OC)c(C)c2)cc1C)CC.CCC(O)(/C=C(\C)c1ccc(C(CC)(CC)c2ccc(OS(=O)(=O)C(F)(F)F)c(C)c2)cc1C)CC. The standard InChI is InChI=1S/C29H40O3.C28H37F3O4S/c1-9-28(31,10-2)19-22(7)25-15-13-23(17-20(25)5)29(11-3,12-4)24-14-16-26(21(6)18-24)27(30)32-8;1-8-26(32,9-2)18-21(7)24-14-12-22(16-19(24)5)27(10-3,11-4)23-13-15-25(20(6)17-23)35-36(33,34)28(29,30)31/h13-19,31H,9-12H2,1-8H3;12-18,32H,8-11H2,1-7H3/b22-19+;21-18+. The molecule has 0 amide bonds. The smallest absolute Gasteiger partial charge is 0.465 e. The number of alkyl halides is 3. The van der Waals surface area contributed by atoms with Crippen LogP contribution in [0.4, 0.5) is 13.2 Å². The zero-order valence-electron chi connectivity index (χ0n) is 43.2. The van der Waals surface area contributed by atoms with E-state index in [0.29, 0.717) is 36.8 Å². The number of methoxy groups -OCH3 is 1. The van der Waals surface area contributed by atoms with Crippen LogP contribution in [0.5, 0.6) is 5.75 Å². The van der Waals surface area contributed by atoms with Crippen LogP contribution in [-0.2, 0) is 25.7 Å². The quantitative estimate of drug-likeness (QED) is 0.0547. The summed E-state index contributed by atoms with van der Waals surface area (Å²) in [5, 5.41) is 21.5.